The monoisotopic (exact) mass is 389 g/mol. The summed E-state index contributed by atoms with van der Waals surface area (Å²) in [4.78, 5) is 21.1. The van der Waals surface area contributed by atoms with Crippen molar-refractivity contribution in [3.05, 3.63) is 47.5 Å². The van der Waals surface area contributed by atoms with E-state index >= 15 is 0 Å². The summed E-state index contributed by atoms with van der Waals surface area (Å²) in [6.07, 6.45) is 6.14. The van der Waals surface area contributed by atoms with Gasteiger partial charge in [-0.05, 0) is 49.8 Å². The van der Waals surface area contributed by atoms with Crippen LogP contribution in [0, 0.1) is 5.92 Å². The van der Waals surface area contributed by atoms with Crippen molar-refractivity contribution < 1.29 is 44.8 Å². The Hall–Kier alpha value is -0.863. The number of carboxylic acids is 1. The van der Waals surface area contributed by atoms with Crippen molar-refractivity contribution in [1.82, 2.24) is 5.32 Å². The van der Waals surface area contributed by atoms with Crippen LogP contribution in [0.1, 0.15) is 49.6 Å². The Bertz CT molecular complexity index is 685. The fourth-order valence-electron chi connectivity index (χ4n) is 3.24. The first-order valence-electron chi connectivity index (χ1n) is 8.97. The molecule has 4 N–H and O–H groups in total. The van der Waals surface area contributed by atoms with Gasteiger partial charge in [-0.15, -0.1) is 0 Å². The van der Waals surface area contributed by atoms with E-state index in [0.29, 0.717) is 0 Å². The topological polar surface area (TPSA) is 107 Å². The van der Waals surface area contributed by atoms with Crippen LogP contribution in [0.15, 0.2) is 36.4 Å². The van der Waals surface area contributed by atoms with Gasteiger partial charge in [0.15, 0.2) is 0 Å². The number of nitrogens with one attached hydrogen (secondary N) is 1. The predicted octanol–water partition coefficient (Wildman–Crippen LogP) is 0.140. The summed E-state index contributed by atoms with van der Waals surface area (Å²) < 4.78 is 12.4. The van der Waals surface area contributed by atoms with Gasteiger partial charge in [-0.2, -0.15) is 0 Å². The van der Waals surface area contributed by atoms with Crippen LogP contribution >= 0.6 is 7.37 Å². The third-order valence-corrected chi connectivity index (χ3v) is 6.81. The van der Waals surface area contributed by atoms with Crippen molar-refractivity contribution >= 4 is 13.3 Å². The summed E-state index contributed by atoms with van der Waals surface area (Å²) in [5.41, 5.74) is 1.11. The molecule has 1 aliphatic rings. The second-order valence-corrected chi connectivity index (χ2v) is 9.50. The van der Waals surface area contributed by atoms with E-state index in [0.717, 1.165) is 24.8 Å². The molecule has 0 bridgehead atoms. The molecule has 0 aliphatic heterocycles. The smallest absolute Gasteiger partial charge is 1.00 e. The molecule has 0 fully saturated rings. The van der Waals surface area contributed by atoms with E-state index in [4.69, 9.17) is 5.11 Å². The number of allylic oxidation sites excluding steroid dienone is 2. The van der Waals surface area contributed by atoms with E-state index in [9.17, 15) is 19.4 Å². The quantitative estimate of drug-likeness (QED) is 0.272. The molecule has 6 nitrogen and oxygen atoms in total. The number of aliphatic hydroxyl groups excluding tert-OH is 1. The molecule has 2 rings (SSSR count). The predicted molar refractivity (Wildman–Crippen MR) is 103 cm³/mol. The summed E-state index contributed by atoms with van der Waals surface area (Å²) >= 11 is 0. The number of rotatable bonds is 9. The molecule has 8 heteroatoms. The van der Waals surface area contributed by atoms with Crippen molar-refractivity contribution in [1.29, 1.82) is 0 Å². The minimum absolute atomic E-state index is 0. The third-order valence-electron chi connectivity index (χ3n) is 4.73. The zero-order chi connectivity index (χ0) is 19.2. The molecule has 1 aromatic rings. The van der Waals surface area contributed by atoms with Gasteiger partial charge >= 0.3 is 24.8 Å². The molecule has 0 heterocycles. The molecule has 0 saturated heterocycles. The summed E-state index contributed by atoms with van der Waals surface area (Å²) in [5, 5.41) is 22.2. The standard InChI is InChI=1S/C19H28NO5P.Li.H/c1-14(16-7-9-17(10-8-16)19(22)23)20-11-18(21)13-26(24,25)12-15-5-3-2-4-6-15;;/h2-3,7-10,14-15,18,20-21H,4-6,11-13H2,1H3,(H,22,23)(H,24,25);;/q;+1;-1/t14-,15?,18+;;/m0../s1. The molecule has 0 saturated carbocycles. The molecule has 2 unspecified atom stereocenters. The number of hydrogen-bond acceptors (Lipinski definition) is 4. The minimum atomic E-state index is -3.36. The Morgan fingerprint density at radius 3 is 2.56 bits per heavy atom. The zero-order valence-corrected chi connectivity index (χ0v) is 16.9. The maximum absolute atomic E-state index is 12.4. The normalized spacial score (nSPS) is 20.9. The van der Waals surface area contributed by atoms with Crippen molar-refractivity contribution in [2.45, 2.75) is 38.3 Å². The van der Waals surface area contributed by atoms with Crippen molar-refractivity contribution in [2.24, 2.45) is 5.92 Å². The summed E-state index contributed by atoms with van der Waals surface area (Å²) in [6, 6.07) is 6.41. The van der Waals surface area contributed by atoms with Gasteiger partial charge in [-0.3, -0.25) is 4.57 Å². The molecule has 27 heavy (non-hydrogen) atoms. The number of carboxylic acid groups (broad SMARTS) is 1. The molecule has 0 amide bonds. The van der Waals surface area contributed by atoms with Crippen LogP contribution in [0.25, 0.3) is 0 Å². The fourth-order valence-corrected chi connectivity index (χ4v) is 5.31. The molecule has 0 radical (unpaired) electrons. The Labute approximate surface area is 174 Å². The molecule has 0 spiro atoms. The van der Waals surface area contributed by atoms with E-state index in [1.54, 1.807) is 12.1 Å². The maximum atomic E-state index is 12.4. The first kappa shape index (κ1) is 24.2. The van der Waals surface area contributed by atoms with Gasteiger partial charge in [0.05, 0.1) is 17.8 Å². The third kappa shape index (κ3) is 8.35. The van der Waals surface area contributed by atoms with Crippen LogP contribution in [-0.4, -0.2) is 46.0 Å². The van der Waals surface area contributed by atoms with Crippen LogP contribution in [0.3, 0.4) is 0 Å². The molecular formula is C19H29LiNO5P. The Morgan fingerprint density at radius 1 is 1.33 bits per heavy atom. The van der Waals surface area contributed by atoms with Gasteiger partial charge in [-0.25, -0.2) is 4.79 Å². The number of hydrogen-bond donors (Lipinski definition) is 4. The van der Waals surface area contributed by atoms with Gasteiger partial charge in [0, 0.05) is 18.7 Å². The van der Waals surface area contributed by atoms with E-state index in [1.807, 2.05) is 6.92 Å². The van der Waals surface area contributed by atoms with Crippen LogP contribution in [0.2, 0.25) is 0 Å². The second-order valence-electron chi connectivity index (χ2n) is 7.07. The molecule has 0 aromatic heterocycles. The average molecular weight is 389 g/mol. The second kappa shape index (κ2) is 11.2. The Balaban J connectivity index is 0.00000364. The van der Waals surface area contributed by atoms with Gasteiger partial charge in [-0.1, -0.05) is 24.3 Å². The number of aliphatic hydroxyl groups is 1. The minimum Gasteiger partial charge on any atom is -1.00 e. The SMILES string of the molecule is C[C@H](NC[C@@H](O)CP(=O)(O)CC1CC=CCC1)c1ccc(C(=O)O)cc1.[H-].[Li+]. The fraction of sp³-hybridized carbons (Fsp3) is 0.526. The number of aromatic carboxylic acids is 1. The van der Waals surface area contributed by atoms with Crippen LogP contribution < -0.4 is 24.2 Å². The largest absolute Gasteiger partial charge is 1.00 e. The van der Waals surface area contributed by atoms with Crippen molar-refractivity contribution in [3.8, 4) is 0 Å². The van der Waals surface area contributed by atoms with E-state index in [-0.39, 0.29) is 56.7 Å². The van der Waals surface area contributed by atoms with Crippen molar-refractivity contribution in [2.75, 3.05) is 18.9 Å². The van der Waals surface area contributed by atoms with Gasteiger partial charge in [0.2, 0.25) is 7.37 Å². The van der Waals surface area contributed by atoms with Crippen molar-refractivity contribution in [3.63, 3.8) is 0 Å². The average Bonchev–Trinajstić information content (AvgIpc) is 2.59. The summed E-state index contributed by atoms with van der Waals surface area (Å²) in [5.74, 6) is -0.748. The van der Waals surface area contributed by atoms with E-state index in [2.05, 4.69) is 17.5 Å². The van der Waals surface area contributed by atoms with Crippen LogP contribution in [-0.2, 0) is 4.57 Å². The summed E-state index contributed by atoms with van der Waals surface area (Å²) in [6.45, 7) is 2.10. The van der Waals surface area contributed by atoms with Gasteiger partial charge in [0.1, 0.15) is 0 Å². The first-order chi connectivity index (χ1) is 12.3. The van der Waals surface area contributed by atoms with Crippen LogP contribution in [0.5, 0.6) is 0 Å². The summed E-state index contributed by atoms with van der Waals surface area (Å²) in [7, 11) is -3.36. The molecule has 1 aliphatic carbocycles. The molecule has 146 valence electrons. The molecular weight excluding hydrogens is 360 g/mol. The number of carbonyl (C=O) groups is 1. The van der Waals surface area contributed by atoms with Gasteiger partial charge < -0.3 is 21.8 Å². The van der Waals surface area contributed by atoms with Crippen LogP contribution in [0.4, 0.5) is 0 Å². The molecule has 4 atom stereocenters. The molecule has 1 aromatic carbocycles. The van der Waals surface area contributed by atoms with E-state index in [1.165, 1.54) is 12.1 Å². The Morgan fingerprint density at radius 2 is 2.00 bits per heavy atom. The Kier molecular flexibility index (Phi) is 10.0. The van der Waals surface area contributed by atoms with E-state index < -0.39 is 19.4 Å². The number of benzene rings is 1. The maximum Gasteiger partial charge on any atom is 1.00 e. The first-order valence-corrected chi connectivity index (χ1v) is 11.0. The zero-order valence-electron chi connectivity index (χ0n) is 17.0. The van der Waals surface area contributed by atoms with Gasteiger partial charge in [0.25, 0.3) is 0 Å².